The second-order valence-corrected chi connectivity index (χ2v) is 5.06. The molecule has 104 valence electrons. The molecular weight excluding hydrogens is 245 g/mol. The van der Waals surface area contributed by atoms with Gasteiger partial charge in [-0.1, -0.05) is 6.07 Å². The lowest BCUT2D eigenvalue weighted by atomic mass is 10.2. The van der Waals surface area contributed by atoms with Crippen LogP contribution in [0.15, 0.2) is 24.3 Å². The monoisotopic (exact) mass is 265 g/mol. The Hall–Kier alpha value is -1.78. The number of benzene rings is 1. The van der Waals surface area contributed by atoms with Crippen LogP contribution in [0.2, 0.25) is 0 Å². The molecule has 0 radical (unpaired) electrons. The molecule has 1 aromatic rings. The minimum absolute atomic E-state index is 0.0195. The van der Waals surface area contributed by atoms with Crippen LogP contribution in [0.4, 0.5) is 14.9 Å². The zero-order valence-electron chi connectivity index (χ0n) is 11.4. The van der Waals surface area contributed by atoms with E-state index in [2.05, 4.69) is 10.2 Å². The van der Waals surface area contributed by atoms with Gasteiger partial charge in [0.2, 0.25) is 0 Å². The summed E-state index contributed by atoms with van der Waals surface area (Å²) in [5.41, 5.74) is 0.879. The van der Waals surface area contributed by atoms with Crippen molar-refractivity contribution < 1.29 is 9.18 Å². The predicted octanol–water partition coefficient (Wildman–Crippen LogP) is 2.07. The summed E-state index contributed by atoms with van der Waals surface area (Å²) in [7, 11) is 0. The van der Waals surface area contributed by atoms with Gasteiger partial charge < -0.3 is 15.1 Å². The van der Waals surface area contributed by atoms with Crippen molar-refractivity contribution in [3.05, 3.63) is 30.1 Å². The molecule has 0 atom stereocenters. The van der Waals surface area contributed by atoms with Crippen LogP contribution in [-0.2, 0) is 0 Å². The summed E-state index contributed by atoms with van der Waals surface area (Å²) in [5, 5.41) is 2.88. The molecule has 19 heavy (non-hydrogen) atoms. The summed E-state index contributed by atoms with van der Waals surface area (Å²) >= 11 is 0. The smallest absolute Gasteiger partial charge is 0.317 e. The minimum Gasteiger partial charge on any atom is -0.368 e. The quantitative estimate of drug-likeness (QED) is 0.888. The summed E-state index contributed by atoms with van der Waals surface area (Å²) in [4.78, 5) is 15.7. The molecule has 0 unspecified atom stereocenters. The summed E-state index contributed by atoms with van der Waals surface area (Å²) < 4.78 is 13.2. The van der Waals surface area contributed by atoms with Crippen LogP contribution in [0.1, 0.15) is 13.8 Å². The van der Waals surface area contributed by atoms with Gasteiger partial charge in [-0.3, -0.25) is 0 Å². The third-order valence-electron chi connectivity index (χ3n) is 3.15. The van der Waals surface area contributed by atoms with Crippen molar-refractivity contribution in [1.82, 2.24) is 10.2 Å². The number of anilines is 1. The molecule has 1 aliphatic rings. The zero-order valence-corrected chi connectivity index (χ0v) is 11.4. The lowest BCUT2D eigenvalue weighted by molar-refractivity contribution is 0.192. The molecule has 1 aromatic carbocycles. The average Bonchev–Trinajstić information content (AvgIpc) is 2.38. The zero-order chi connectivity index (χ0) is 13.8. The molecule has 1 aliphatic heterocycles. The molecule has 0 bridgehead atoms. The largest absolute Gasteiger partial charge is 0.368 e. The normalized spacial score (nSPS) is 15.8. The Labute approximate surface area is 113 Å². The van der Waals surface area contributed by atoms with E-state index in [0.29, 0.717) is 13.1 Å². The number of halogens is 1. The van der Waals surface area contributed by atoms with E-state index in [0.717, 1.165) is 18.8 Å². The molecule has 4 nitrogen and oxygen atoms in total. The molecule has 0 aromatic heterocycles. The van der Waals surface area contributed by atoms with Gasteiger partial charge in [0, 0.05) is 37.9 Å². The van der Waals surface area contributed by atoms with Crippen LogP contribution in [-0.4, -0.2) is 43.2 Å². The molecule has 0 aliphatic carbocycles. The fraction of sp³-hybridized carbons (Fsp3) is 0.500. The standard InChI is InChI=1S/C14H20FN3O/c1-11(2)16-14(19)18-8-6-17(7-9-18)13-5-3-4-12(15)10-13/h3-5,10-11H,6-9H2,1-2H3,(H,16,19). The van der Waals surface area contributed by atoms with Gasteiger partial charge in [0.1, 0.15) is 5.82 Å². The maximum atomic E-state index is 13.2. The highest BCUT2D eigenvalue weighted by Gasteiger charge is 2.21. The van der Waals surface area contributed by atoms with E-state index in [9.17, 15) is 9.18 Å². The Kier molecular flexibility index (Phi) is 4.24. The van der Waals surface area contributed by atoms with E-state index < -0.39 is 0 Å². The van der Waals surface area contributed by atoms with Gasteiger partial charge in [0.05, 0.1) is 0 Å². The van der Waals surface area contributed by atoms with Gasteiger partial charge >= 0.3 is 6.03 Å². The number of carbonyl (C=O) groups is 1. The molecule has 1 N–H and O–H groups in total. The van der Waals surface area contributed by atoms with E-state index in [1.165, 1.54) is 12.1 Å². The molecule has 0 spiro atoms. The van der Waals surface area contributed by atoms with Crippen LogP contribution in [0.5, 0.6) is 0 Å². The molecule has 2 rings (SSSR count). The summed E-state index contributed by atoms with van der Waals surface area (Å²) in [6.07, 6.45) is 0. The van der Waals surface area contributed by atoms with Crippen molar-refractivity contribution in [3.63, 3.8) is 0 Å². The highest BCUT2D eigenvalue weighted by Crippen LogP contribution is 2.17. The Morgan fingerprint density at radius 1 is 1.26 bits per heavy atom. The van der Waals surface area contributed by atoms with Gasteiger partial charge in [-0.2, -0.15) is 0 Å². The fourth-order valence-corrected chi connectivity index (χ4v) is 2.18. The minimum atomic E-state index is -0.225. The number of rotatable bonds is 2. The third-order valence-corrected chi connectivity index (χ3v) is 3.15. The second-order valence-electron chi connectivity index (χ2n) is 5.06. The van der Waals surface area contributed by atoms with Gasteiger partial charge in [0.25, 0.3) is 0 Å². The van der Waals surface area contributed by atoms with Crippen LogP contribution in [0.25, 0.3) is 0 Å². The summed E-state index contributed by atoms with van der Waals surface area (Å²) in [6.45, 7) is 6.68. The van der Waals surface area contributed by atoms with Gasteiger partial charge in [-0.25, -0.2) is 9.18 Å². The van der Waals surface area contributed by atoms with Crippen LogP contribution in [0, 0.1) is 5.82 Å². The highest BCUT2D eigenvalue weighted by molar-refractivity contribution is 5.74. The first-order valence-corrected chi connectivity index (χ1v) is 6.62. The molecular formula is C14H20FN3O. The maximum absolute atomic E-state index is 13.2. The first-order chi connectivity index (χ1) is 9.06. The van der Waals surface area contributed by atoms with E-state index in [4.69, 9.17) is 0 Å². The van der Waals surface area contributed by atoms with E-state index >= 15 is 0 Å². The maximum Gasteiger partial charge on any atom is 0.317 e. The predicted molar refractivity (Wildman–Crippen MR) is 73.9 cm³/mol. The van der Waals surface area contributed by atoms with Crippen LogP contribution < -0.4 is 10.2 Å². The van der Waals surface area contributed by atoms with E-state index in [1.54, 1.807) is 11.0 Å². The molecule has 1 saturated heterocycles. The van der Waals surface area contributed by atoms with Crippen molar-refractivity contribution in [3.8, 4) is 0 Å². The summed E-state index contributed by atoms with van der Waals surface area (Å²) in [6, 6.07) is 6.71. The molecule has 0 saturated carbocycles. The molecule has 2 amide bonds. The average molecular weight is 265 g/mol. The number of piperazine rings is 1. The number of urea groups is 1. The lowest BCUT2D eigenvalue weighted by Gasteiger charge is -2.36. The number of hydrogen-bond acceptors (Lipinski definition) is 2. The Bertz CT molecular complexity index is 442. The highest BCUT2D eigenvalue weighted by atomic mass is 19.1. The van der Waals surface area contributed by atoms with Gasteiger partial charge in [-0.05, 0) is 32.0 Å². The van der Waals surface area contributed by atoms with Crippen molar-refractivity contribution in [2.45, 2.75) is 19.9 Å². The Morgan fingerprint density at radius 3 is 2.53 bits per heavy atom. The number of hydrogen-bond donors (Lipinski definition) is 1. The van der Waals surface area contributed by atoms with E-state index in [1.807, 2.05) is 19.9 Å². The Balaban J connectivity index is 1.90. The molecule has 5 heteroatoms. The second kappa shape index (κ2) is 5.91. The number of amides is 2. The first-order valence-electron chi connectivity index (χ1n) is 6.62. The van der Waals surface area contributed by atoms with Crippen molar-refractivity contribution >= 4 is 11.7 Å². The lowest BCUT2D eigenvalue weighted by Crippen LogP contribution is -2.52. The van der Waals surface area contributed by atoms with Gasteiger partial charge in [-0.15, -0.1) is 0 Å². The number of carbonyl (C=O) groups excluding carboxylic acids is 1. The molecule has 1 fully saturated rings. The third kappa shape index (κ3) is 3.59. The number of nitrogens with zero attached hydrogens (tertiary/aromatic N) is 2. The number of nitrogens with one attached hydrogen (secondary N) is 1. The first kappa shape index (κ1) is 13.6. The SMILES string of the molecule is CC(C)NC(=O)N1CCN(c2cccc(F)c2)CC1. The van der Waals surface area contributed by atoms with Gasteiger partial charge in [0.15, 0.2) is 0 Å². The van der Waals surface area contributed by atoms with Crippen LogP contribution in [0.3, 0.4) is 0 Å². The van der Waals surface area contributed by atoms with Crippen molar-refractivity contribution in [1.29, 1.82) is 0 Å². The fourth-order valence-electron chi connectivity index (χ4n) is 2.18. The van der Waals surface area contributed by atoms with Crippen molar-refractivity contribution in [2.24, 2.45) is 0 Å². The Morgan fingerprint density at radius 2 is 1.95 bits per heavy atom. The van der Waals surface area contributed by atoms with E-state index in [-0.39, 0.29) is 17.9 Å². The van der Waals surface area contributed by atoms with Crippen molar-refractivity contribution in [2.75, 3.05) is 31.1 Å². The topological polar surface area (TPSA) is 35.6 Å². The van der Waals surface area contributed by atoms with Crippen LogP contribution >= 0.6 is 0 Å². The molecule has 1 heterocycles. The summed E-state index contributed by atoms with van der Waals surface area (Å²) in [5.74, 6) is -0.225.